The molecule has 1 amide bonds. The zero-order chi connectivity index (χ0) is 9.14. The molecular formula is C7H8N4O. The highest BCUT2D eigenvalue weighted by molar-refractivity contribution is 5.75. The van der Waals surface area contributed by atoms with Crippen LogP contribution in [-0.4, -0.2) is 34.8 Å². The maximum atomic E-state index is 11.2. The van der Waals surface area contributed by atoms with Gasteiger partial charge in [-0.15, -0.1) is 0 Å². The quantitative estimate of drug-likeness (QED) is 0.553. The Balaban J connectivity index is 2.91. The van der Waals surface area contributed by atoms with Crippen LogP contribution in [0.4, 0.5) is 4.79 Å². The van der Waals surface area contributed by atoms with Crippen LogP contribution in [0.2, 0.25) is 0 Å². The van der Waals surface area contributed by atoms with Crippen LogP contribution in [0, 0.1) is 11.3 Å². The summed E-state index contributed by atoms with van der Waals surface area (Å²) in [4.78, 5) is 12.6. The summed E-state index contributed by atoms with van der Waals surface area (Å²) in [5.74, 6) is 0. The number of rotatable bonds is 0. The van der Waals surface area contributed by atoms with Crippen LogP contribution in [0.1, 0.15) is 5.69 Å². The molecule has 1 rings (SSSR count). The van der Waals surface area contributed by atoms with Crippen LogP contribution in [0.25, 0.3) is 0 Å². The molecule has 0 N–H and O–H groups in total. The number of hydrogen-bond donors (Lipinski definition) is 0. The van der Waals surface area contributed by atoms with Crippen molar-refractivity contribution in [3.05, 3.63) is 18.0 Å². The van der Waals surface area contributed by atoms with Crippen molar-refractivity contribution in [2.45, 2.75) is 0 Å². The molecule has 0 saturated heterocycles. The van der Waals surface area contributed by atoms with Crippen molar-refractivity contribution in [3.63, 3.8) is 0 Å². The number of nitrogens with zero attached hydrogens (tertiary/aromatic N) is 4. The molecular weight excluding hydrogens is 156 g/mol. The zero-order valence-corrected chi connectivity index (χ0v) is 6.85. The fourth-order valence-corrected chi connectivity index (χ4v) is 0.695. The largest absolute Gasteiger partial charge is 0.344 e. The molecule has 5 nitrogen and oxygen atoms in total. The standard InChI is InChI=1S/C7H8N4O/c1-10(2)7(12)11-4-3-6(5-8)9-11/h3-4H,1-2H3. The van der Waals surface area contributed by atoms with Crippen molar-refractivity contribution in [1.82, 2.24) is 14.7 Å². The van der Waals surface area contributed by atoms with E-state index in [4.69, 9.17) is 5.26 Å². The van der Waals surface area contributed by atoms with Gasteiger partial charge in [0.1, 0.15) is 6.07 Å². The van der Waals surface area contributed by atoms with Crippen molar-refractivity contribution in [2.24, 2.45) is 0 Å². The van der Waals surface area contributed by atoms with E-state index in [0.717, 1.165) is 4.68 Å². The minimum Gasteiger partial charge on any atom is -0.329 e. The summed E-state index contributed by atoms with van der Waals surface area (Å²) >= 11 is 0. The van der Waals surface area contributed by atoms with Gasteiger partial charge in [0, 0.05) is 20.3 Å². The second kappa shape index (κ2) is 3.05. The highest BCUT2D eigenvalue weighted by Crippen LogP contribution is 1.94. The Morgan fingerprint density at radius 2 is 2.42 bits per heavy atom. The number of carbonyl (C=O) groups is 1. The van der Waals surface area contributed by atoms with Gasteiger partial charge in [-0.3, -0.25) is 0 Å². The van der Waals surface area contributed by atoms with Crippen LogP contribution in [0.5, 0.6) is 0 Å². The molecule has 62 valence electrons. The molecule has 0 fully saturated rings. The summed E-state index contributed by atoms with van der Waals surface area (Å²) < 4.78 is 1.12. The van der Waals surface area contributed by atoms with Gasteiger partial charge in [-0.25, -0.2) is 4.79 Å². The van der Waals surface area contributed by atoms with Crippen LogP contribution in [0.15, 0.2) is 12.3 Å². The van der Waals surface area contributed by atoms with Gasteiger partial charge in [-0.1, -0.05) is 0 Å². The first-order valence-corrected chi connectivity index (χ1v) is 3.32. The molecule has 0 spiro atoms. The van der Waals surface area contributed by atoms with Crippen LogP contribution in [0.3, 0.4) is 0 Å². The maximum absolute atomic E-state index is 11.2. The molecule has 0 aliphatic heterocycles. The number of amides is 1. The predicted molar refractivity (Wildman–Crippen MR) is 41.4 cm³/mol. The van der Waals surface area contributed by atoms with Crippen molar-refractivity contribution in [3.8, 4) is 6.07 Å². The molecule has 1 heterocycles. The Labute approximate surface area is 69.8 Å². The van der Waals surface area contributed by atoms with E-state index >= 15 is 0 Å². The lowest BCUT2D eigenvalue weighted by Gasteiger charge is -2.08. The highest BCUT2D eigenvalue weighted by Gasteiger charge is 2.07. The van der Waals surface area contributed by atoms with Crippen molar-refractivity contribution >= 4 is 6.03 Å². The average Bonchev–Trinajstić information content (AvgIpc) is 2.50. The Morgan fingerprint density at radius 1 is 1.75 bits per heavy atom. The van der Waals surface area contributed by atoms with Gasteiger partial charge >= 0.3 is 6.03 Å². The van der Waals surface area contributed by atoms with Crippen molar-refractivity contribution < 1.29 is 4.79 Å². The van der Waals surface area contributed by atoms with E-state index in [0.29, 0.717) is 0 Å². The van der Waals surface area contributed by atoms with E-state index in [1.54, 1.807) is 14.1 Å². The van der Waals surface area contributed by atoms with Gasteiger partial charge in [0.05, 0.1) is 0 Å². The summed E-state index contributed by atoms with van der Waals surface area (Å²) in [6, 6.07) is 3.06. The topological polar surface area (TPSA) is 61.9 Å². The summed E-state index contributed by atoms with van der Waals surface area (Å²) in [6.45, 7) is 0. The van der Waals surface area contributed by atoms with E-state index in [1.165, 1.54) is 17.2 Å². The second-order valence-corrected chi connectivity index (χ2v) is 2.43. The van der Waals surface area contributed by atoms with Gasteiger partial charge in [-0.2, -0.15) is 15.0 Å². The minimum atomic E-state index is -0.267. The Kier molecular flexibility index (Phi) is 2.10. The third kappa shape index (κ3) is 1.42. The van der Waals surface area contributed by atoms with Crippen LogP contribution < -0.4 is 0 Å². The fourth-order valence-electron chi connectivity index (χ4n) is 0.695. The number of hydrogen-bond acceptors (Lipinski definition) is 3. The smallest absolute Gasteiger partial charge is 0.329 e. The predicted octanol–water partition coefficient (Wildman–Crippen LogP) is 0.284. The summed E-state index contributed by atoms with van der Waals surface area (Å²) in [6.07, 6.45) is 1.46. The van der Waals surface area contributed by atoms with E-state index < -0.39 is 0 Å². The Hall–Kier alpha value is -1.83. The fraction of sp³-hybridized carbons (Fsp3) is 0.286. The molecule has 1 aromatic heterocycles. The number of aromatic nitrogens is 2. The zero-order valence-electron chi connectivity index (χ0n) is 6.85. The molecule has 12 heavy (non-hydrogen) atoms. The van der Waals surface area contributed by atoms with E-state index in [-0.39, 0.29) is 11.7 Å². The average molecular weight is 164 g/mol. The van der Waals surface area contributed by atoms with E-state index in [2.05, 4.69) is 5.10 Å². The molecule has 0 unspecified atom stereocenters. The SMILES string of the molecule is CN(C)C(=O)n1ccc(C#N)n1. The lowest BCUT2D eigenvalue weighted by Crippen LogP contribution is -2.27. The van der Waals surface area contributed by atoms with E-state index in [1.807, 2.05) is 6.07 Å². The molecule has 0 aliphatic carbocycles. The van der Waals surface area contributed by atoms with Gasteiger partial charge in [0.25, 0.3) is 0 Å². The molecule has 0 atom stereocenters. The number of carbonyl (C=O) groups excluding carboxylic acids is 1. The van der Waals surface area contributed by atoms with Crippen LogP contribution in [-0.2, 0) is 0 Å². The summed E-state index contributed by atoms with van der Waals surface area (Å²) in [7, 11) is 3.24. The van der Waals surface area contributed by atoms with Crippen molar-refractivity contribution in [2.75, 3.05) is 14.1 Å². The normalized spacial score (nSPS) is 9.08. The summed E-state index contributed by atoms with van der Waals surface area (Å²) in [5.41, 5.74) is 0.241. The third-order valence-corrected chi connectivity index (χ3v) is 1.28. The van der Waals surface area contributed by atoms with Gasteiger partial charge in [0.2, 0.25) is 0 Å². The van der Waals surface area contributed by atoms with Crippen LogP contribution >= 0.6 is 0 Å². The van der Waals surface area contributed by atoms with Gasteiger partial charge in [-0.05, 0) is 6.07 Å². The Bertz CT molecular complexity index is 333. The lowest BCUT2D eigenvalue weighted by molar-refractivity contribution is 0.216. The van der Waals surface area contributed by atoms with E-state index in [9.17, 15) is 4.79 Å². The minimum absolute atomic E-state index is 0.241. The molecule has 0 bridgehead atoms. The number of nitriles is 1. The Morgan fingerprint density at radius 3 is 2.83 bits per heavy atom. The van der Waals surface area contributed by atoms with Gasteiger partial charge < -0.3 is 4.90 Å². The lowest BCUT2D eigenvalue weighted by atomic mass is 10.5. The first-order chi connectivity index (χ1) is 5.65. The van der Waals surface area contributed by atoms with Crippen molar-refractivity contribution in [1.29, 1.82) is 5.26 Å². The monoisotopic (exact) mass is 164 g/mol. The molecule has 0 aliphatic rings. The molecule has 1 aromatic rings. The van der Waals surface area contributed by atoms with Gasteiger partial charge in [0.15, 0.2) is 5.69 Å². The highest BCUT2D eigenvalue weighted by atomic mass is 16.2. The molecule has 0 radical (unpaired) electrons. The second-order valence-electron chi connectivity index (χ2n) is 2.43. The molecule has 0 saturated carbocycles. The first kappa shape index (κ1) is 8.27. The first-order valence-electron chi connectivity index (χ1n) is 3.32. The summed E-state index contributed by atoms with van der Waals surface area (Å²) in [5, 5.41) is 12.1. The maximum Gasteiger partial charge on any atom is 0.344 e. The third-order valence-electron chi connectivity index (χ3n) is 1.28. The molecule has 5 heteroatoms. The molecule has 0 aromatic carbocycles.